The molecule has 2 unspecified atom stereocenters. The van der Waals surface area contributed by atoms with Crippen molar-refractivity contribution in [3.05, 3.63) is 78.1 Å². The van der Waals surface area contributed by atoms with E-state index >= 15 is 0 Å². The number of anilines is 1. The van der Waals surface area contributed by atoms with Crippen molar-refractivity contribution in [2.45, 2.75) is 18.9 Å². The Bertz CT molecular complexity index is 1020. The van der Waals surface area contributed by atoms with E-state index in [0.29, 0.717) is 11.5 Å². The molecular weight excluding hydrogens is 356 g/mol. The van der Waals surface area contributed by atoms with Crippen molar-refractivity contribution >= 4 is 17.6 Å². The number of nitrogens with zero attached hydrogens (tertiary/aromatic N) is 3. The molecule has 0 saturated carbocycles. The molecule has 1 aliphatic heterocycles. The number of hydrogen-bond acceptors (Lipinski definition) is 6. The van der Waals surface area contributed by atoms with E-state index in [-0.39, 0.29) is 5.56 Å². The SMILES string of the molecule is CC1C(C(N)=O)c2ccccc2N1OC(=O)c1cnc(-c2ccccc2)nc1. The van der Waals surface area contributed by atoms with Crippen LogP contribution in [-0.2, 0) is 9.63 Å². The molecule has 0 fully saturated rings. The third-order valence-corrected chi connectivity index (χ3v) is 4.77. The third-order valence-electron chi connectivity index (χ3n) is 4.77. The van der Waals surface area contributed by atoms with Gasteiger partial charge in [-0.1, -0.05) is 48.5 Å². The van der Waals surface area contributed by atoms with Gasteiger partial charge in [-0.25, -0.2) is 19.8 Å². The molecule has 0 radical (unpaired) electrons. The minimum absolute atomic E-state index is 0.215. The van der Waals surface area contributed by atoms with Gasteiger partial charge in [-0.2, -0.15) is 0 Å². The summed E-state index contributed by atoms with van der Waals surface area (Å²) in [6.07, 6.45) is 2.85. The van der Waals surface area contributed by atoms with E-state index in [9.17, 15) is 9.59 Å². The number of amides is 1. The number of nitrogens with two attached hydrogens (primary N) is 1. The molecule has 0 bridgehead atoms. The number of rotatable bonds is 4. The summed E-state index contributed by atoms with van der Waals surface area (Å²) < 4.78 is 0. The predicted octanol–water partition coefficient (Wildman–Crippen LogP) is 2.69. The summed E-state index contributed by atoms with van der Waals surface area (Å²) >= 11 is 0. The Morgan fingerprint density at radius 1 is 1.00 bits per heavy atom. The van der Waals surface area contributed by atoms with Crippen molar-refractivity contribution in [3.8, 4) is 11.4 Å². The summed E-state index contributed by atoms with van der Waals surface area (Å²) in [4.78, 5) is 38.6. The maximum atomic E-state index is 12.6. The van der Waals surface area contributed by atoms with Crippen LogP contribution in [0, 0.1) is 0 Å². The quantitative estimate of drug-likeness (QED) is 0.754. The molecule has 0 spiro atoms. The molecule has 1 amide bonds. The normalized spacial score (nSPS) is 17.8. The number of para-hydroxylation sites is 1. The number of hydrogen-bond donors (Lipinski definition) is 1. The smallest absolute Gasteiger partial charge is 0.366 e. The number of aromatic nitrogens is 2. The summed E-state index contributed by atoms with van der Waals surface area (Å²) in [7, 11) is 0. The van der Waals surface area contributed by atoms with Gasteiger partial charge in [-0.05, 0) is 18.6 Å². The zero-order valence-corrected chi connectivity index (χ0v) is 15.1. The van der Waals surface area contributed by atoms with E-state index in [0.717, 1.165) is 11.1 Å². The van der Waals surface area contributed by atoms with Crippen LogP contribution in [0.25, 0.3) is 11.4 Å². The fourth-order valence-electron chi connectivity index (χ4n) is 3.40. The number of carbonyl (C=O) groups is 2. The van der Waals surface area contributed by atoms with Crippen LogP contribution in [0.3, 0.4) is 0 Å². The minimum Gasteiger partial charge on any atom is -0.369 e. The molecule has 28 heavy (non-hydrogen) atoms. The van der Waals surface area contributed by atoms with Gasteiger partial charge in [0.2, 0.25) is 5.91 Å². The second kappa shape index (κ2) is 7.11. The second-order valence-corrected chi connectivity index (χ2v) is 6.55. The molecule has 3 aromatic rings. The zero-order chi connectivity index (χ0) is 19.7. The lowest BCUT2D eigenvalue weighted by molar-refractivity contribution is -0.119. The first-order chi connectivity index (χ1) is 13.6. The lowest BCUT2D eigenvalue weighted by Crippen LogP contribution is -2.38. The summed E-state index contributed by atoms with van der Waals surface area (Å²) in [5.41, 5.74) is 8.01. The highest BCUT2D eigenvalue weighted by atomic mass is 16.7. The van der Waals surface area contributed by atoms with Crippen molar-refractivity contribution in [2.24, 2.45) is 5.73 Å². The standard InChI is InChI=1S/C21H18N4O3/c1-13-18(19(22)26)16-9-5-6-10-17(16)25(13)28-21(27)15-11-23-20(24-12-15)14-7-3-2-4-8-14/h2-13,18H,1H3,(H2,22,26). The van der Waals surface area contributed by atoms with E-state index in [4.69, 9.17) is 10.6 Å². The number of fused-ring (bicyclic) bond motifs is 1. The molecule has 1 aromatic heterocycles. The Hall–Kier alpha value is -3.74. The monoisotopic (exact) mass is 374 g/mol. The highest BCUT2D eigenvalue weighted by molar-refractivity contribution is 5.91. The van der Waals surface area contributed by atoms with Gasteiger partial charge < -0.3 is 10.6 Å². The average molecular weight is 374 g/mol. The van der Waals surface area contributed by atoms with Crippen LogP contribution in [0.15, 0.2) is 67.0 Å². The molecule has 7 nitrogen and oxygen atoms in total. The Labute approximate surface area is 161 Å². The van der Waals surface area contributed by atoms with Crippen molar-refractivity contribution in [1.82, 2.24) is 9.97 Å². The molecule has 2 heterocycles. The van der Waals surface area contributed by atoms with Gasteiger partial charge in [-0.3, -0.25) is 4.79 Å². The second-order valence-electron chi connectivity index (χ2n) is 6.55. The highest BCUT2D eigenvalue weighted by Crippen LogP contribution is 2.40. The summed E-state index contributed by atoms with van der Waals surface area (Å²) in [5.74, 6) is -1.10. The molecule has 2 atom stereocenters. The van der Waals surface area contributed by atoms with Crippen LogP contribution < -0.4 is 10.8 Å². The highest BCUT2D eigenvalue weighted by Gasteiger charge is 2.41. The Balaban J connectivity index is 1.56. The van der Waals surface area contributed by atoms with Crippen LogP contribution in [0.5, 0.6) is 0 Å². The fraction of sp³-hybridized carbons (Fsp3) is 0.143. The Morgan fingerprint density at radius 2 is 1.64 bits per heavy atom. The zero-order valence-electron chi connectivity index (χ0n) is 15.1. The molecule has 2 aromatic carbocycles. The fourth-order valence-corrected chi connectivity index (χ4v) is 3.40. The van der Waals surface area contributed by atoms with Gasteiger partial charge in [-0.15, -0.1) is 0 Å². The van der Waals surface area contributed by atoms with Crippen LogP contribution in [0.1, 0.15) is 28.8 Å². The van der Waals surface area contributed by atoms with Gasteiger partial charge in [0.05, 0.1) is 23.2 Å². The van der Waals surface area contributed by atoms with Crippen molar-refractivity contribution in [3.63, 3.8) is 0 Å². The third kappa shape index (κ3) is 3.07. The first-order valence-corrected chi connectivity index (χ1v) is 8.83. The molecule has 0 aliphatic carbocycles. The lowest BCUT2D eigenvalue weighted by atomic mass is 9.96. The first kappa shape index (κ1) is 17.7. The average Bonchev–Trinajstić information content (AvgIpc) is 3.00. The van der Waals surface area contributed by atoms with Crippen molar-refractivity contribution in [1.29, 1.82) is 0 Å². The van der Waals surface area contributed by atoms with Crippen LogP contribution in [-0.4, -0.2) is 27.9 Å². The summed E-state index contributed by atoms with van der Waals surface area (Å²) in [6, 6.07) is 16.3. The minimum atomic E-state index is -0.605. The Morgan fingerprint density at radius 3 is 2.32 bits per heavy atom. The molecule has 140 valence electrons. The van der Waals surface area contributed by atoms with Gasteiger partial charge in [0.1, 0.15) is 0 Å². The van der Waals surface area contributed by atoms with Crippen LogP contribution >= 0.6 is 0 Å². The molecule has 2 N–H and O–H groups in total. The number of primary amides is 1. The van der Waals surface area contributed by atoms with Crippen LogP contribution in [0.4, 0.5) is 5.69 Å². The molecular formula is C21H18N4O3. The molecule has 4 rings (SSSR count). The van der Waals surface area contributed by atoms with Gasteiger partial charge in [0.15, 0.2) is 5.82 Å². The van der Waals surface area contributed by atoms with E-state index in [1.165, 1.54) is 17.5 Å². The summed E-state index contributed by atoms with van der Waals surface area (Å²) in [5, 5.41) is 1.43. The maximum Gasteiger partial charge on any atom is 0.366 e. The van der Waals surface area contributed by atoms with E-state index < -0.39 is 23.8 Å². The van der Waals surface area contributed by atoms with Crippen molar-refractivity contribution in [2.75, 3.05) is 5.06 Å². The number of benzene rings is 2. The van der Waals surface area contributed by atoms with Crippen LogP contribution in [0.2, 0.25) is 0 Å². The van der Waals surface area contributed by atoms with Crippen molar-refractivity contribution < 1.29 is 14.4 Å². The van der Waals surface area contributed by atoms with Gasteiger partial charge in [0.25, 0.3) is 0 Å². The first-order valence-electron chi connectivity index (χ1n) is 8.83. The summed E-state index contributed by atoms with van der Waals surface area (Å²) in [6.45, 7) is 1.79. The van der Waals surface area contributed by atoms with Gasteiger partial charge in [0, 0.05) is 18.0 Å². The molecule has 7 heteroatoms. The predicted molar refractivity (Wildman–Crippen MR) is 103 cm³/mol. The van der Waals surface area contributed by atoms with E-state index in [1.807, 2.05) is 48.5 Å². The molecule has 1 aliphatic rings. The lowest BCUT2D eigenvalue weighted by Gasteiger charge is -2.24. The number of carbonyl (C=O) groups excluding carboxylic acids is 2. The topological polar surface area (TPSA) is 98.4 Å². The van der Waals surface area contributed by atoms with E-state index in [2.05, 4.69) is 9.97 Å². The van der Waals surface area contributed by atoms with Gasteiger partial charge >= 0.3 is 5.97 Å². The largest absolute Gasteiger partial charge is 0.369 e. The maximum absolute atomic E-state index is 12.6. The Kier molecular flexibility index (Phi) is 4.49. The van der Waals surface area contributed by atoms with E-state index in [1.54, 1.807) is 13.0 Å². The number of hydroxylamine groups is 1. The molecule has 0 saturated heterocycles.